The molecule has 0 bridgehead atoms. The fourth-order valence-electron chi connectivity index (χ4n) is 1.90. The maximum Gasteiger partial charge on any atom is 0.192 e. The number of ether oxygens (including phenoxy) is 1. The van der Waals surface area contributed by atoms with Gasteiger partial charge in [-0.25, -0.2) is 0 Å². The molecule has 0 aromatic heterocycles. The number of hydrogen-bond donors (Lipinski definition) is 1. The quantitative estimate of drug-likeness (QED) is 0.374. The van der Waals surface area contributed by atoms with Crippen LogP contribution in [0.3, 0.4) is 0 Å². The summed E-state index contributed by atoms with van der Waals surface area (Å²) in [7, 11) is -1.97. The highest BCUT2D eigenvalue weighted by atomic mass is 28.4. The van der Waals surface area contributed by atoms with Crippen LogP contribution in [0.5, 0.6) is 0 Å². The van der Waals surface area contributed by atoms with Gasteiger partial charge in [0.25, 0.3) is 0 Å². The van der Waals surface area contributed by atoms with Crippen molar-refractivity contribution in [1.29, 1.82) is 0 Å². The molecule has 110 valence electrons. The Morgan fingerprint density at radius 2 is 2.00 bits per heavy atom. The molecule has 1 heterocycles. The van der Waals surface area contributed by atoms with Gasteiger partial charge in [-0.3, -0.25) is 0 Å². The fraction of sp³-hybridized carbons (Fsp3) is 1.00. The summed E-state index contributed by atoms with van der Waals surface area (Å²) in [4.78, 5) is 2.86. The van der Waals surface area contributed by atoms with Crippen molar-refractivity contribution < 1.29 is 14.3 Å². The topological polar surface area (TPSA) is 87.5 Å². The van der Waals surface area contributed by atoms with Gasteiger partial charge in [-0.2, -0.15) is 0 Å². The Labute approximate surface area is 115 Å². The summed E-state index contributed by atoms with van der Waals surface area (Å²) in [5.74, 6) is 0. The van der Waals surface area contributed by atoms with Crippen LogP contribution in [0.15, 0.2) is 5.11 Å². The fourth-order valence-corrected chi connectivity index (χ4v) is 3.29. The molecule has 7 heteroatoms. The summed E-state index contributed by atoms with van der Waals surface area (Å²) in [5, 5.41) is 13.4. The normalized spacial score (nSPS) is 32.8. The standard InChI is InChI=1S/C12H25N3O3Si/c1-8-11(18-19(5,6)12(2,3)4)9(14-15-13)7-10(16)17-8/h8-11,16H,7H2,1-6H3/t8-,9-,10+,11?/m1/s1. The number of hydrogen-bond acceptors (Lipinski definition) is 4. The Morgan fingerprint density at radius 3 is 2.47 bits per heavy atom. The van der Waals surface area contributed by atoms with Crippen molar-refractivity contribution in [3.8, 4) is 0 Å². The first-order chi connectivity index (χ1) is 8.58. The highest BCUT2D eigenvalue weighted by Crippen LogP contribution is 2.39. The zero-order valence-electron chi connectivity index (χ0n) is 12.6. The average Bonchev–Trinajstić information content (AvgIpc) is 2.22. The molecule has 1 rings (SSSR count). The lowest BCUT2D eigenvalue weighted by atomic mass is 10.0. The maximum atomic E-state index is 9.60. The second-order valence-corrected chi connectivity index (χ2v) is 11.4. The van der Waals surface area contributed by atoms with E-state index in [0.717, 1.165) is 0 Å². The molecule has 1 N–H and O–H groups in total. The van der Waals surface area contributed by atoms with Crippen LogP contribution in [0.25, 0.3) is 10.4 Å². The van der Waals surface area contributed by atoms with Crippen molar-refractivity contribution in [2.45, 2.75) is 76.8 Å². The summed E-state index contributed by atoms with van der Waals surface area (Å²) >= 11 is 0. The van der Waals surface area contributed by atoms with Crippen LogP contribution < -0.4 is 0 Å². The van der Waals surface area contributed by atoms with Crippen LogP contribution in [0, 0.1) is 0 Å². The van der Waals surface area contributed by atoms with Gasteiger partial charge in [-0.1, -0.05) is 25.9 Å². The van der Waals surface area contributed by atoms with Gasteiger partial charge in [0.15, 0.2) is 14.6 Å². The Kier molecular flexibility index (Phi) is 5.03. The van der Waals surface area contributed by atoms with Crippen LogP contribution in [0.1, 0.15) is 34.1 Å². The van der Waals surface area contributed by atoms with Gasteiger partial charge in [-0.15, -0.1) is 0 Å². The summed E-state index contributed by atoms with van der Waals surface area (Å²) in [5.41, 5.74) is 8.66. The zero-order chi connectivity index (χ0) is 14.8. The average molecular weight is 287 g/mol. The SMILES string of the molecule is C[C@H]1O[C@H](O)C[C@@H](N=[N+]=[N-])C1O[Si](C)(C)C(C)(C)C. The molecular weight excluding hydrogens is 262 g/mol. The monoisotopic (exact) mass is 287 g/mol. The lowest BCUT2D eigenvalue weighted by Crippen LogP contribution is -2.54. The Morgan fingerprint density at radius 1 is 1.42 bits per heavy atom. The minimum absolute atomic E-state index is 0.0731. The van der Waals surface area contributed by atoms with E-state index in [9.17, 15) is 5.11 Å². The van der Waals surface area contributed by atoms with E-state index in [-0.39, 0.29) is 29.7 Å². The minimum atomic E-state index is -1.97. The highest BCUT2D eigenvalue weighted by molar-refractivity contribution is 6.74. The van der Waals surface area contributed by atoms with E-state index >= 15 is 0 Å². The van der Waals surface area contributed by atoms with Gasteiger partial charge in [-0.05, 0) is 30.6 Å². The smallest absolute Gasteiger partial charge is 0.192 e. The third-order valence-electron chi connectivity index (χ3n) is 4.09. The Balaban J connectivity index is 2.92. The van der Waals surface area contributed by atoms with Crippen molar-refractivity contribution in [2.24, 2.45) is 5.11 Å². The van der Waals surface area contributed by atoms with E-state index in [1.807, 2.05) is 6.92 Å². The first-order valence-corrected chi connectivity index (χ1v) is 9.55. The van der Waals surface area contributed by atoms with E-state index in [1.165, 1.54) is 0 Å². The van der Waals surface area contributed by atoms with Crippen LogP contribution in [0.4, 0.5) is 0 Å². The van der Waals surface area contributed by atoms with Crippen LogP contribution in [0.2, 0.25) is 18.1 Å². The number of rotatable bonds is 3. The van der Waals surface area contributed by atoms with E-state index in [4.69, 9.17) is 14.7 Å². The van der Waals surface area contributed by atoms with E-state index in [0.29, 0.717) is 0 Å². The Hall–Kier alpha value is -0.593. The molecule has 19 heavy (non-hydrogen) atoms. The molecule has 1 unspecified atom stereocenters. The number of aliphatic hydroxyl groups is 1. The lowest BCUT2D eigenvalue weighted by Gasteiger charge is -2.45. The van der Waals surface area contributed by atoms with E-state index < -0.39 is 14.6 Å². The largest absolute Gasteiger partial charge is 0.411 e. The first-order valence-electron chi connectivity index (χ1n) is 6.64. The molecule has 1 saturated heterocycles. The van der Waals surface area contributed by atoms with Crippen LogP contribution in [-0.4, -0.2) is 38.0 Å². The Bertz CT molecular complexity index is 364. The first kappa shape index (κ1) is 16.5. The van der Waals surface area contributed by atoms with Crippen LogP contribution >= 0.6 is 0 Å². The maximum absolute atomic E-state index is 9.60. The molecule has 6 nitrogen and oxygen atoms in total. The second-order valence-electron chi connectivity index (χ2n) is 6.65. The molecule has 0 aromatic carbocycles. The van der Waals surface area contributed by atoms with Gasteiger partial charge in [0.1, 0.15) is 0 Å². The predicted molar refractivity (Wildman–Crippen MR) is 76.2 cm³/mol. The van der Waals surface area contributed by atoms with Gasteiger partial charge < -0.3 is 14.3 Å². The van der Waals surface area contributed by atoms with Gasteiger partial charge >= 0.3 is 0 Å². The number of aliphatic hydroxyl groups excluding tert-OH is 1. The number of azide groups is 1. The van der Waals surface area contributed by atoms with Crippen molar-refractivity contribution >= 4 is 8.32 Å². The molecule has 1 aliphatic heterocycles. The van der Waals surface area contributed by atoms with E-state index in [1.54, 1.807) is 0 Å². The highest BCUT2D eigenvalue weighted by Gasteiger charge is 2.44. The third kappa shape index (κ3) is 3.93. The summed E-state index contributed by atoms with van der Waals surface area (Å²) in [6.45, 7) is 12.6. The second kappa shape index (κ2) is 5.81. The third-order valence-corrected chi connectivity index (χ3v) is 8.57. The van der Waals surface area contributed by atoms with Crippen LogP contribution in [-0.2, 0) is 9.16 Å². The molecule has 0 aliphatic carbocycles. The number of nitrogens with zero attached hydrogens (tertiary/aromatic N) is 3. The summed E-state index contributed by atoms with van der Waals surface area (Å²) in [6.07, 6.45) is -1.17. The van der Waals surface area contributed by atoms with Gasteiger partial charge in [0.05, 0.1) is 18.2 Å². The summed E-state index contributed by atoms with van der Waals surface area (Å²) < 4.78 is 11.7. The lowest BCUT2D eigenvalue weighted by molar-refractivity contribution is -0.195. The summed E-state index contributed by atoms with van der Waals surface area (Å²) in [6, 6.07) is -0.377. The van der Waals surface area contributed by atoms with Gasteiger partial charge in [0.2, 0.25) is 0 Å². The van der Waals surface area contributed by atoms with Crippen molar-refractivity contribution in [1.82, 2.24) is 0 Å². The molecule has 0 radical (unpaired) electrons. The molecule has 0 saturated carbocycles. The minimum Gasteiger partial charge on any atom is -0.411 e. The van der Waals surface area contributed by atoms with E-state index in [2.05, 4.69) is 43.9 Å². The molecule has 4 atom stereocenters. The molecule has 1 fully saturated rings. The van der Waals surface area contributed by atoms with Gasteiger partial charge in [0, 0.05) is 11.3 Å². The predicted octanol–water partition coefficient (Wildman–Crippen LogP) is 3.18. The molecule has 0 amide bonds. The molecule has 0 aromatic rings. The van der Waals surface area contributed by atoms with Crippen molar-refractivity contribution in [3.05, 3.63) is 10.4 Å². The molecular formula is C12H25N3O3Si. The zero-order valence-corrected chi connectivity index (χ0v) is 13.6. The van der Waals surface area contributed by atoms with Crippen molar-refractivity contribution in [3.63, 3.8) is 0 Å². The van der Waals surface area contributed by atoms with Crippen molar-refractivity contribution in [2.75, 3.05) is 0 Å². The molecule has 0 spiro atoms. The molecule has 1 aliphatic rings.